The molecule has 162 valence electrons. The first-order valence-electron chi connectivity index (χ1n) is 10.0. The molecule has 31 heavy (non-hydrogen) atoms. The van der Waals surface area contributed by atoms with Crippen LogP contribution in [0.15, 0.2) is 70.1 Å². The molecule has 4 rings (SSSR count). The van der Waals surface area contributed by atoms with Crippen molar-refractivity contribution in [2.75, 3.05) is 32.8 Å². The molecule has 0 N–H and O–H groups in total. The van der Waals surface area contributed by atoms with E-state index >= 15 is 0 Å². The predicted octanol–water partition coefficient (Wildman–Crippen LogP) is 2.89. The molecule has 2 heterocycles. The van der Waals surface area contributed by atoms with Gasteiger partial charge in [-0.2, -0.15) is 4.31 Å². The minimum absolute atomic E-state index is 0.140. The van der Waals surface area contributed by atoms with Crippen LogP contribution in [-0.4, -0.2) is 61.5 Å². The summed E-state index contributed by atoms with van der Waals surface area (Å²) in [6, 6.07) is 17.4. The van der Waals surface area contributed by atoms with Crippen molar-refractivity contribution in [2.24, 2.45) is 0 Å². The molecule has 2 aromatic carbocycles. The Hall–Kier alpha value is -3.17. The van der Waals surface area contributed by atoms with Gasteiger partial charge in [-0.05, 0) is 31.2 Å². The van der Waals surface area contributed by atoms with Crippen molar-refractivity contribution >= 4 is 15.9 Å². The summed E-state index contributed by atoms with van der Waals surface area (Å²) in [4.78, 5) is 14.6. The Morgan fingerprint density at radius 3 is 2.35 bits per heavy atom. The van der Waals surface area contributed by atoms with E-state index in [1.165, 1.54) is 16.4 Å². The summed E-state index contributed by atoms with van der Waals surface area (Å²) in [7, 11) is -3.64. The maximum atomic E-state index is 12.9. The van der Waals surface area contributed by atoms with Crippen LogP contribution in [0.1, 0.15) is 17.5 Å². The van der Waals surface area contributed by atoms with Crippen molar-refractivity contribution < 1.29 is 22.5 Å². The molecular formula is C22H23N3O5S. The monoisotopic (exact) mass is 441 g/mol. The quantitative estimate of drug-likeness (QED) is 0.584. The van der Waals surface area contributed by atoms with Gasteiger partial charge in [-0.15, -0.1) is 0 Å². The molecule has 1 fully saturated rings. The summed E-state index contributed by atoms with van der Waals surface area (Å²) in [5.74, 6) is 0.466. The van der Waals surface area contributed by atoms with Gasteiger partial charge in [0.25, 0.3) is 5.91 Å². The Morgan fingerprint density at radius 2 is 1.71 bits per heavy atom. The predicted molar refractivity (Wildman–Crippen MR) is 114 cm³/mol. The molecule has 3 aromatic rings. The van der Waals surface area contributed by atoms with E-state index in [-0.39, 0.29) is 42.7 Å². The smallest absolute Gasteiger partial charge is 0.292 e. The lowest BCUT2D eigenvalue weighted by Crippen LogP contribution is -2.50. The Kier molecular flexibility index (Phi) is 6.06. The number of hydrogen-bond acceptors (Lipinski definition) is 6. The van der Waals surface area contributed by atoms with E-state index in [1.54, 1.807) is 23.1 Å². The number of carbonyl (C=O) groups is 1. The van der Waals surface area contributed by atoms with Crippen molar-refractivity contribution in [3.05, 3.63) is 66.4 Å². The van der Waals surface area contributed by atoms with E-state index in [9.17, 15) is 13.2 Å². The molecule has 0 bridgehead atoms. The third kappa shape index (κ3) is 4.47. The number of benzene rings is 2. The van der Waals surface area contributed by atoms with E-state index in [0.29, 0.717) is 18.1 Å². The highest BCUT2D eigenvalue weighted by atomic mass is 32.2. The molecule has 9 heteroatoms. The van der Waals surface area contributed by atoms with Gasteiger partial charge < -0.3 is 14.2 Å². The van der Waals surface area contributed by atoms with Crippen molar-refractivity contribution in [1.82, 2.24) is 14.4 Å². The Morgan fingerprint density at radius 1 is 1.03 bits per heavy atom. The number of piperazine rings is 1. The average Bonchev–Trinajstić information content (AvgIpc) is 3.30. The average molecular weight is 442 g/mol. The first-order valence-corrected chi connectivity index (χ1v) is 11.5. The maximum absolute atomic E-state index is 12.9. The topological polar surface area (TPSA) is 93.0 Å². The lowest BCUT2D eigenvalue weighted by molar-refractivity contribution is 0.0656. The van der Waals surface area contributed by atoms with Crippen LogP contribution in [0.25, 0.3) is 11.3 Å². The molecule has 1 aromatic heterocycles. The van der Waals surface area contributed by atoms with Gasteiger partial charge in [0.15, 0.2) is 0 Å². The number of rotatable bonds is 6. The number of amides is 1. The van der Waals surface area contributed by atoms with E-state index in [1.807, 2.05) is 37.3 Å². The first-order chi connectivity index (χ1) is 15.0. The summed E-state index contributed by atoms with van der Waals surface area (Å²) >= 11 is 0. The molecule has 1 aliphatic rings. The molecule has 0 aliphatic carbocycles. The lowest BCUT2D eigenvalue weighted by Gasteiger charge is -2.33. The van der Waals surface area contributed by atoms with Crippen molar-refractivity contribution in [3.63, 3.8) is 0 Å². The van der Waals surface area contributed by atoms with Gasteiger partial charge in [0.2, 0.25) is 15.8 Å². The molecule has 1 amide bonds. The fourth-order valence-electron chi connectivity index (χ4n) is 3.43. The zero-order valence-corrected chi connectivity index (χ0v) is 17.9. The van der Waals surface area contributed by atoms with Gasteiger partial charge in [0, 0.05) is 37.8 Å². The largest absolute Gasteiger partial charge is 0.494 e. The highest BCUT2D eigenvalue weighted by molar-refractivity contribution is 7.89. The van der Waals surface area contributed by atoms with Gasteiger partial charge in [-0.25, -0.2) is 8.42 Å². The van der Waals surface area contributed by atoms with E-state index in [2.05, 4.69) is 5.16 Å². The third-order valence-electron chi connectivity index (χ3n) is 5.09. The fraction of sp³-hybridized carbons (Fsp3) is 0.273. The van der Waals surface area contributed by atoms with Gasteiger partial charge in [0.05, 0.1) is 11.5 Å². The molecule has 0 saturated carbocycles. The summed E-state index contributed by atoms with van der Waals surface area (Å²) in [6.07, 6.45) is 0. The van der Waals surface area contributed by atoms with Crippen LogP contribution in [0.3, 0.4) is 0 Å². The Bertz CT molecular complexity index is 1140. The molecule has 1 saturated heterocycles. The van der Waals surface area contributed by atoms with E-state index < -0.39 is 10.0 Å². The molecular weight excluding hydrogens is 418 g/mol. The fourth-order valence-corrected chi connectivity index (χ4v) is 4.85. The van der Waals surface area contributed by atoms with Crippen LogP contribution in [0.5, 0.6) is 5.75 Å². The van der Waals surface area contributed by atoms with Gasteiger partial charge in [-0.3, -0.25) is 4.79 Å². The molecule has 8 nitrogen and oxygen atoms in total. The second kappa shape index (κ2) is 8.91. The van der Waals surface area contributed by atoms with Gasteiger partial charge in [-0.1, -0.05) is 35.5 Å². The highest BCUT2D eigenvalue weighted by Crippen LogP contribution is 2.23. The van der Waals surface area contributed by atoms with Crippen LogP contribution < -0.4 is 4.74 Å². The third-order valence-corrected chi connectivity index (χ3v) is 7.00. The van der Waals surface area contributed by atoms with Crippen LogP contribution >= 0.6 is 0 Å². The zero-order valence-electron chi connectivity index (χ0n) is 17.1. The summed E-state index contributed by atoms with van der Waals surface area (Å²) in [6.45, 7) is 3.35. The van der Waals surface area contributed by atoms with E-state index in [4.69, 9.17) is 9.26 Å². The molecule has 0 atom stereocenters. The Balaban J connectivity index is 1.40. The van der Waals surface area contributed by atoms with Gasteiger partial charge in [0.1, 0.15) is 11.4 Å². The molecule has 0 unspecified atom stereocenters. The number of nitrogens with zero attached hydrogens (tertiary/aromatic N) is 3. The number of carbonyl (C=O) groups excluding carboxylic acids is 1. The number of sulfonamides is 1. The van der Waals surface area contributed by atoms with Crippen LogP contribution in [-0.2, 0) is 10.0 Å². The normalized spacial score (nSPS) is 15.1. The number of ether oxygens (including phenoxy) is 1. The number of aromatic nitrogens is 1. The van der Waals surface area contributed by atoms with Crippen LogP contribution in [0, 0.1) is 0 Å². The lowest BCUT2D eigenvalue weighted by atomic mass is 10.1. The maximum Gasteiger partial charge on any atom is 0.292 e. The molecule has 0 radical (unpaired) electrons. The second-order valence-corrected chi connectivity index (χ2v) is 8.98. The minimum atomic E-state index is -3.64. The standard InChI is InChI=1S/C22H23N3O5S/c1-2-29-18-8-10-19(11-9-18)31(27,28)25-14-12-24(13-15-25)22(26)21-16-20(23-30-21)17-6-4-3-5-7-17/h3-11,16H,2,12-15H2,1H3. The van der Waals surface area contributed by atoms with Crippen LogP contribution in [0.2, 0.25) is 0 Å². The summed E-state index contributed by atoms with van der Waals surface area (Å²) < 4.78 is 37.8. The minimum Gasteiger partial charge on any atom is -0.494 e. The first kappa shape index (κ1) is 21.1. The number of hydrogen-bond donors (Lipinski definition) is 0. The van der Waals surface area contributed by atoms with Crippen molar-refractivity contribution in [1.29, 1.82) is 0 Å². The SMILES string of the molecule is CCOc1ccc(S(=O)(=O)N2CCN(C(=O)c3cc(-c4ccccc4)no3)CC2)cc1. The van der Waals surface area contributed by atoms with Crippen LogP contribution in [0.4, 0.5) is 0 Å². The Labute approximate surface area is 181 Å². The van der Waals surface area contributed by atoms with E-state index in [0.717, 1.165) is 5.56 Å². The highest BCUT2D eigenvalue weighted by Gasteiger charge is 2.31. The molecule has 0 spiro atoms. The van der Waals surface area contributed by atoms with Crippen molar-refractivity contribution in [3.8, 4) is 17.0 Å². The molecule has 1 aliphatic heterocycles. The van der Waals surface area contributed by atoms with Crippen molar-refractivity contribution in [2.45, 2.75) is 11.8 Å². The summed E-state index contributed by atoms with van der Waals surface area (Å²) in [5, 5.41) is 3.98. The summed E-state index contributed by atoms with van der Waals surface area (Å²) in [5.41, 5.74) is 1.44. The zero-order chi connectivity index (χ0) is 21.8. The second-order valence-electron chi connectivity index (χ2n) is 7.04. The van der Waals surface area contributed by atoms with Gasteiger partial charge >= 0.3 is 0 Å².